The van der Waals surface area contributed by atoms with Crippen molar-refractivity contribution in [3.8, 4) is 0 Å². The minimum Gasteiger partial charge on any atom is -0.328 e. The average Bonchev–Trinajstić information content (AvgIpc) is 2.58. The minimum atomic E-state index is -0.914. The lowest BCUT2D eigenvalue weighted by Crippen LogP contribution is -2.46. The van der Waals surface area contributed by atoms with Gasteiger partial charge in [0.05, 0.1) is 0 Å². The van der Waals surface area contributed by atoms with Crippen molar-refractivity contribution in [2.24, 2.45) is 17.2 Å². The van der Waals surface area contributed by atoms with Crippen molar-refractivity contribution < 1.29 is 0 Å². The van der Waals surface area contributed by atoms with E-state index < -0.39 is 5.66 Å². The third kappa shape index (κ3) is 4.67. The van der Waals surface area contributed by atoms with Crippen LogP contribution in [-0.4, -0.2) is 6.04 Å². The van der Waals surface area contributed by atoms with Gasteiger partial charge in [0.25, 0.3) is 0 Å². The van der Waals surface area contributed by atoms with E-state index in [2.05, 4.69) is 0 Å². The highest BCUT2D eigenvalue weighted by molar-refractivity contribution is 5.35. The van der Waals surface area contributed by atoms with Crippen molar-refractivity contribution in [3.63, 3.8) is 0 Å². The molecule has 2 aromatic rings. The van der Waals surface area contributed by atoms with E-state index in [9.17, 15) is 0 Å². The molecule has 22 heavy (non-hydrogen) atoms. The van der Waals surface area contributed by atoms with Crippen molar-refractivity contribution in [1.29, 1.82) is 0 Å². The molecule has 1 aliphatic rings. The van der Waals surface area contributed by atoms with Crippen LogP contribution in [0.25, 0.3) is 0 Å². The van der Waals surface area contributed by atoms with E-state index >= 15 is 0 Å². The van der Waals surface area contributed by atoms with E-state index in [1.165, 1.54) is 32.1 Å². The van der Waals surface area contributed by atoms with Gasteiger partial charge in [0, 0.05) is 6.04 Å². The topological polar surface area (TPSA) is 78.1 Å². The van der Waals surface area contributed by atoms with Crippen molar-refractivity contribution in [3.05, 3.63) is 71.8 Å². The third-order valence-corrected chi connectivity index (χ3v) is 4.15. The van der Waals surface area contributed by atoms with E-state index in [1.54, 1.807) is 0 Å². The van der Waals surface area contributed by atoms with Gasteiger partial charge in [0.1, 0.15) is 5.66 Å². The van der Waals surface area contributed by atoms with Gasteiger partial charge in [0.15, 0.2) is 0 Å². The SMILES string of the molecule is NC(N)(c1ccccc1)c1ccccc1.NC1CCCCC1. The highest BCUT2D eigenvalue weighted by Crippen LogP contribution is 2.20. The summed E-state index contributed by atoms with van der Waals surface area (Å²) in [5.41, 5.74) is 18.8. The molecule has 0 amide bonds. The second-order valence-electron chi connectivity index (χ2n) is 6.00. The van der Waals surface area contributed by atoms with E-state index in [0.717, 1.165) is 11.1 Å². The van der Waals surface area contributed by atoms with Crippen molar-refractivity contribution in [2.75, 3.05) is 0 Å². The zero-order valence-electron chi connectivity index (χ0n) is 13.1. The maximum atomic E-state index is 6.14. The normalized spacial score (nSPS) is 15.8. The molecule has 0 atom stereocenters. The fourth-order valence-corrected chi connectivity index (χ4v) is 2.73. The Morgan fingerprint density at radius 1 is 0.682 bits per heavy atom. The molecule has 1 fully saturated rings. The molecule has 2 aromatic carbocycles. The molecule has 3 nitrogen and oxygen atoms in total. The first kappa shape index (κ1) is 16.7. The largest absolute Gasteiger partial charge is 0.328 e. The lowest BCUT2D eigenvalue weighted by atomic mass is 9.93. The van der Waals surface area contributed by atoms with Crippen LogP contribution in [0.1, 0.15) is 43.2 Å². The monoisotopic (exact) mass is 297 g/mol. The number of nitrogens with two attached hydrogens (primary N) is 3. The van der Waals surface area contributed by atoms with E-state index in [1.807, 2.05) is 60.7 Å². The molecule has 0 unspecified atom stereocenters. The van der Waals surface area contributed by atoms with Gasteiger partial charge in [-0.2, -0.15) is 0 Å². The number of rotatable bonds is 2. The summed E-state index contributed by atoms with van der Waals surface area (Å²) in [4.78, 5) is 0. The number of benzene rings is 2. The highest BCUT2D eigenvalue weighted by Gasteiger charge is 2.23. The summed E-state index contributed by atoms with van der Waals surface area (Å²) in [5.74, 6) is 0. The maximum Gasteiger partial charge on any atom is 0.116 e. The molecular formula is C19H27N3. The van der Waals surface area contributed by atoms with Gasteiger partial charge in [-0.1, -0.05) is 79.9 Å². The number of hydrogen-bond acceptors (Lipinski definition) is 3. The number of hydrogen-bond donors (Lipinski definition) is 3. The van der Waals surface area contributed by atoms with Gasteiger partial charge in [-0.3, -0.25) is 0 Å². The molecule has 0 radical (unpaired) electrons. The van der Waals surface area contributed by atoms with Gasteiger partial charge >= 0.3 is 0 Å². The van der Waals surface area contributed by atoms with E-state index in [0.29, 0.717) is 6.04 Å². The smallest absolute Gasteiger partial charge is 0.116 e. The van der Waals surface area contributed by atoms with Crippen LogP contribution in [0.2, 0.25) is 0 Å². The Morgan fingerprint density at radius 2 is 1.09 bits per heavy atom. The first-order chi connectivity index (χ1) is 10.6. The van der Waals surface area contributed by atoms with Gasteiger partial charge < -0.3 is 17.2 Å². The predicted octanol–water partition coefficient (Wildman–Crippen LogP) is 3.08. The van der Waals surface area contributed by atoms with Crippen LogP contribution in [-0.2, 0) is 5.66 Å². The summed E-state index contributed by atoms with van der Waals surface area (Å²) in [7, 11) is 0. The standard InChI is InChI=1S/C13H14N2.C6H13N/c14-13(15,11-7-3-1-4-8-11)12-9-5-2-6-10-12;7-6-4-2-1-3-5-6/h1-10H,14-15H2;6H,1-5,7H2. The molecular weight excluding hydrogens is 270 g/mol. The molecule has 0 aromatic heterocycles. The quantitative estimate of drug-likeness (QED) is 0.745. The maximum absolute atomic E-state index is 6.14. The lowest BCUT2D eigenvalue weighted by molar-refractivity contribution is 0.441. The van der Waals surface area contributed by atoms with Gasteiger partial charge in [-0.05, 0) is 24.0 Å². The van der Waals surface area contributed by atoms with Crippen LogP contribution < -0.4 is 17.2 Å². The summed E-state index contributed by atoms with van der Waals surface area (Å²) < 4.78 is 0. The van der Waals surface area contributed by atoms with Crippen molar-refractivity contribution in [1.82, 2.24) is 0 Å². The second kappa shape index (κ2) is 8.08. The summed E-state index contributed by atoms with van der Waals surface area (Å²) >= 11 is 0. The fraction of sp³-hybridized carbons (Fsp3) is 0.368. The Morgan fingerprint density at radius 3 is 1.41 bits per heavy atom. The highest BCUT2D eigenvalue weighted by atomic mass is 15.0. The first-order valence-electron chi connectivity index (χ1n) is 8.05. The summed E-state index contributed by atoms with van der Waals surface area (Å²) in [6.07, 6.45) is 6.66. The molecule has 1 saturated carbocycles. The Bertz CT molecular complexity index is 490. The molecule has 0 aliphatic heterocycles. The van der Waals surface area contributed by atoms with E-state index in [-0.39, 0.29) is 0 Å². The minimum absolute atomic E-state index is 0.536. The van der Waals surface area contributed by atoms with Gasteiger partial charge in [-0.25, -0.2) is 0 Å². The summed E-state index contributed by atoms with van der Waals surface area (Å²) in [6.45, 7) is 0. The van der Waals surface area contributed by atoms with E-state index in [4.69, 9.17) is 17.2 Å². The van der Waals surface area contributed by atoms with Crippen LogP contribution in [0.4, 0.5) is 0 Å². The summed E-state index contributed by atoms with van der Waals surface area (Å²) in [5, 5.41) is 0. The zero-order chi connectivity index (χ0) is 15.8. The van der Waals surface area contributed by atoms with Crippen LogP contribution in [0.3, 0.4) is 0 Å². The molecule has 6 N–H and O–H groups in total. The Hall–Kier alpha value is -1.68. The predicted molar refractivity (Wildman–Crippen MR) is 93.1 cm³/mol. The molecule has 3 heteroatoms. The van der Waals surface area contributed by atoms with Crippen molar-refractivity contribution in [2.45, 2.75) is 43.8 Å². The molecule has 0 heterocycles. The summed E-state index contributed by atoms with van der Waals surface area (Å²) in [6, 6.07) is 19.9. The van der Waals surface area contributed by atoms with Gasteiger partial charge in [-0.15, -0.1) is 0 Å². The van der Waals surface area contributed by atoms with Crippen LogP contribution >= 0.6 is 0 Å². The average molecular weight is 297 g/mol. The van der Waals surface area contributed by atoms with Gasteiger partial charge in [0.2, 0.25) is 0 Å². The molecule has 3 rings (SSSR count). The fourth-order valence-electron chi connectivity index (χ4n) is 2.73. The Kier molecular flexibility index (Phi) is 6.13. The molecule has 0 saturated heterocycles. The lowest BCUT2D eigenvalue weighted by Gasteiger charge is -2.25. The first-order valence-corrected chi connectivity index (χ1v) is 8.05. The van der Waals surface area contributed by atoms with Crippen LogP contribution in [0, 0.1) is 0 Å². The molecule has 0 spiro atoms. The molecule has 118 valence electrons. The van der Waals surface area contributed by atoms with Crippen LogP contribution in [0.15, 0.2) is 60.7 Å². The Labute approximate surface area is 133 Å². The molecule has 1 aliphatic carbocycles. The van der Waals surface area contributed by atoms with Crippen LogP contribution in [0.5, 0.6) is 0 Å². The third-order valence-electron chi connectivity index (χ3n) is 4.15. The van der Waals surface area contributed by atoms with Crippen molar-refractivity contribution >= 4 is 0 Å². The second-order valence-corrected chi connectivity index (χ2v) is 6.00. The molecule has 0 bridgehead atoms. The Balaban J connectivity index is 0.000000211. The zero-order valence-corrected chi connectivity index (χ0v) is 13.1.